The minimum Gasteiger partial charge on any atom is -0.381 e. The van der Waals surface area contributed by atoms with E-state index in [0.29, 0.717) is 25.6 Å². The summed E-state index contributed by atoms with van der Waals surface area (Å²) >= 11 is 0. The molecule has 1 fully saturated rings. The van der Waals surface area contributed by atoms with Crippen LogP contribution in [0.1, 0.15) is 38.4 Å². The predicted molar refractivity (Wildman–Crippen MR) is 76.6 cm³/mol. The molecule has 0 unspecified atom stereocenters. The standard InChI is InChI=1S/C14H26N4O2/c1-3-18(4-2)8-5-12-16-13(20-17-12)14(11-15)6-9-19-10-7-14/h3-11,15H2,1-2H3. The molecule has 1 saturated heterocycles. The summed E-state index contributed by atoms with van der Waals surface area (Å²) < 4.78 is 10.9. The summed E-state index contributed by atoms with van der Waals surface area (Å²) in [6.45, 7) is 9.35. The van der Waals surface area contributed by atoms with Crippen LogP contribution in [0.25, 0.3) is 0 Å². The van der Waals surface area contributed by atoms with Gasteiger partial charge in [0.1, 0.15) is 0 Å². The average Bonchev–Trinajstić information content (AvgIpc) is 2.98. The fourth-order valence-corrected chi connectivity index (χ4v) is 2.64. The number of aromatic nitrogens is 2. The molecule has 0 aliphatic carbocycles. The van der Waals surface area contributed by atoms with Gasteiger partial charge in [0.25, 0.3) is 0 Å². The van der Waals surface area contributed by atoms with Crippen molar-refractivity contribution in [2.45, 2.75) is 38.5 Å². The zero-order valence-electron chi connectivity index (χ0n) is 12.6. The topological polar surface area (TPSA) is 77.4 Å². The van der Waals surface area contributed by atoms with E-state index in [-0.39, 0.29) is 5.41 Å². The summed E-state index contributed by atoms with van der Waals surface area (Å²) in [4.78, 5) is 6.93. The summed E-state index contributed by atoms with van der Waals surface area (Å²) in [7, 11) is 0. The van der Waals surface area contributed by atoms with Crippen LogP contribution in [-0.4, -0.2) is 54.4 Å². The lowest BCUT2D eigenvalue weighted by Crippen LogP contribution is -2.41. The molecule has 0 atom stereocenters. The molecule has 1 aromatic rings. The first-order chi connectivity index (χ1) is 9.74. The van der Waals surface area contributed by atoms with E-state index in [0.717, 1.165) is 44.7 Å². The van der Waals surface area contributed by atoms with Crippen LogP contribution in [0, 0.1) is 0 Å². The SMILES string of the molecule is CCN(CC)CCc1noc(C2(CN)CCOCC2)n1. The van der Waals surface area contributed by atoms with Gasteiger partial charge in [0.05, 0.1) is 5.41 Å². The Morgan fingerprint density at radius 1 is 1.25 bits per heavy atom. The fraction of sp³-hybridized carbons (Fsp3) is 0.857. The maximum absolute atomic E-state index is 5.95. The molecule has 0 saturated carbocycles. The summed E-state index contributed by atoms with van der Waals surface area (Å²) in [5.74, 6) is 1.48. The number of hydrogen-bond donors (Lipinski definition) is 1. The second kappa shape index (κ2) is 7.15. The van der Waals surface area contributed by atoms with Crippen molar-refractivity contribution in [3.8, 4) is 0 Å². The van der Waals surface area contributed by atoms with Gasteiger partial charge in [0.2, 0.25) is 5.89 Å². The van der Waals surface area contributed by atoms with Crippen molar-refractivity contribution in [3.63, 3.8) is 0 Å². The molecule has 1 aliphatic rings. The Morgan fingerprint density at radius 2 is 1.95 bits per heavy atom. The zero-order valence-corrected chi connectivity index (χ0v) is 12.6. The third kappa shape index (κ3) is 3.37. The first-order valence-electron chi connectivity index (χ1n) is 7.57. The maximum Gasteiger partial charge on any atom is 0.234 e. The Hall–Kier alpha value is -0.980. The van der Waals surface area contributed by atoms with Crippen molar-refractivity contribution in [2.75, 3.05) is 39.4 Å². The van der Waals surface area contributed by atoms with Crippen LogP contribution in [0.3, 0.4) is 0 Å². The van der Waals surface area contributed by atoms with Gasteiger partial charge in [-0.05, 0) is 25.9 Å². The van der Waals surface area contributed by atoms with Crippen molar-refractivity contribution >= 4 is 0 Å². The summed E-state index contributed by atoms with van der Waals surface area (Å²) in [5.41, 5.74) is 5.77. The number of nitrogens with zero attached hydrogens (tertiary/aromatic N) is 3. The summed E-state index contributed by atoms with van der Waals surface area (Å²) in [6.07, 6.45) is 2.55. The van der Waals surface area contributed by atoms with Crippen LogP contribution < -0.4 is 5.73 Å². The highest BCUT2D eigenvalue weighted by molar-refractivity contribution is 5.08. The van der Waals surface area contributed by atoms with Gasteiger partial charge in [-0.3, -0.25) is 0 Å². The Labute approximate surface area is 120 Å². The molecule has 0 radical (unpaired) electrons. The molecular weight excluding hydrogens is 256 g/mol. The number of hydrogen-bond acceptors (Lipinski definition) is 6. The molecule has 6 heteroatoms. The molecule has 2 rings (SSSR count). The molecule has 0 amide bonds. The first kappa shape index (κ1) is 15.4. The molecule has 0 bridgehead atoms. The molecule has 0 aromatic carbocycles. The van der Waals surface area contributed by atoms with Gasteiger partial charge in [0.15, 0.2) is 5.82 Å². The Kier molecular flexibility index (Phi) is 5.51. The lowest BCUT2D eigenvalue weighted by Gasteiger charge is -2.32. The van der Waals surface area contributed by atoms with E-state index >= 15 is 0 Å². The molecular formula is C14H26N4O2. The quantitative estimate of drug-likeness (QED) is 0.802. The van der Waals surface area contributed by atoms with Gasteiger partial charge in [0, 0.05) is 32.7 Å². The minimum absolute atomic E-state index is 0.182. The summed E-state index contributed by atoms with van der Waals surface area (Å²) in [6, 6.07) is 0. The van der Waals surface area contributed by atoms with E-state index < -0.39 is 0 Å². The van der Waals surface area contributed by atoms with Crippen LogP contribution in [0.4, 0.5) is 0 Å². The number of likely N-dealkylation sites (N-methyl/N-ethyl adjacent to an activating group) is 1. The van der Waals surface area contributed by atoms with E-state index in [1.165, 1.54) is 0 Å². The van der Waals surface area contributed by atoms with Gasteiger partial charge in [-0.1, -0.05) is 19.0 Å². The number of nitrogens with two attached hydrogens (primary N) is 1. The van der Waals surface area contributed by atoms with Crippen LogP contribution in [0.5, 0.6) is 0 Å². The van der Waals surface area contributed by atoms with Crippen LogP contribution >= 0.6 is 0 Å². The lowest BCUT2D eigenvalue weighted by atomic mass is 9.80. The van der Waals surface area contributed by atoms with Gasteiger partial charge >= 0.3 is 0 Å². The Morgan fingerprint density at radius 3 is 2.55 bits per heavy atom. The molecule has 2 heterocycles. The molecule has 0 spiro atoms. The fourth-order valence-electron chi connectivity index (χ4n) is 2.64. The predicted octanol–water partition coefficient (Wildman–Crippen LogP) is 0.961. The van der Waals surface area contributed by atoms with E-state index in [1.54, 1.807) is 0 Å². The monoisotopic (exact) mass is 282 g/mol. The average molecular weight is 282 g/mol. The largest absolute Gasteiger partial charge is 0.381 e. The Bertz CT molecular complexity index is 398. The molecule has 6 nitrogen and oxygen atoms in total. The molecule has 20 heavy (non-hydrogen) atoms. The van der Waals surface area contributed by atoms with Crippen LogP contribution in [0.15, 0.2) is 4.52 Å². The van der Waals surface area contributed by atoms with Crippen molar-refractivity contribution in [1.82, 2.24) is 15.0 Å². The molecule has 1 aliphatic heterocycles. The highest BCUT2D eigenvalue weighted by Gasteiger charge is 2.38. The van der Waals surface area contributed by atoms with Crippen molar-refractivity contribution in [2.24, 2.45) is 5.73 Å². The molecule has 2 N–H and O–H groups in total. The third-order valence-electron chi connectivity index (χ3n) is 4.31. The minimum atomic E-state index is -0.182. The van der Waals surface area contributed by atoms with Crippen LogP contribution in [0.2, 0.25) is 0 Å². The van der Waals surface area contributed by atoms with Crippen molar-refractivity contribution < 1.29 is 9.26 Å². The zero-order chi connectivity index (χ0) is 14.4. The van der Waals surface area contributed by atoms with E-state index in [4.69, 9.17) is 15.0 Å². The lowest BCUT2D eigenvalue weighted by molar-refractivity contribution is 0.0409. The van der Waals surface area contributed by atoms with Gasteiger partial charge in [-0.25, -0.2) is 0 Å². The van der Waals surface area contributed by atoms with Gasteiger partial charge in [-0.2, -0.15) is 4.98 Å². The highest BCUT2D eigenvalue weighted by atomic mass is 16.5. The number of rotatable bonds is 7. The Balaban J connectivity index is 2.00. The number of ether oxygens (including phenoxy) is 1. The van der Waals surface area contributed by atoms with Crippen molar-refractivity contribution in [1.29, 1.82) is 0 Å². The van der Waals surface area contributed by atoms with E-state index in [9.17, 15) is 0 Å². The van der Waals surface area contributed by atoms with Crippen molar-refractivity contribution in [3.05, 3.63) is 11.7 Å². The van der Waals surface area contributed by atoms with Gasteiger partial charge in [-0.15, -0.1) is 0 Å². The molecule has 1 aromatic heterocycles. The summed E-state index contributed by atoms with van der Waals surface area (Å²) in [5, 5.41) is 4.12. The highest BCUT2D eigenvalue weighted by Crippen LogP contribution is 2.32. The van der Waals surface area contributed by atoms with Crippen LogP contribution in [-0.2, 0) is 16.6 Å². The van der Waals surface area contributed by atoms with E-state index in [2.05, 4.69) is 28.9 Å². The smallest absolute Gasteiger partial charge is 0.234 e. The van der Waals surface area contributed by atoms with E-state index in [1.807, 2.05) is 0 Å². The second-order valence-corrected chi connectivity index (χ2v) is 5.39. The first-order valence-corrected chi connectivity index (χ1v) is 7.57. The molecule has 114 valence electrons. The normalized spacial score (nSPS) is 18.6. The third-order valence-corrected chi connectivity index (χ3v) is 4.31. The maximum atomic E-state index is 5.95. The second-order valence-electron chi connectivity index (χ2n) is 5.39. The van der Waals surface area contributed by atoms with Gasteiger partial charge < -0.3 is 19.9 Å².